The Morgan fingerprint density at radius 3 is 2.55 bits per heavy atom. The number of aromatic hydroxyl groups is 1. The van der Waals surface area contributed by atoms with E-state index in [4.69, 9.17) is 5.11 Å². The zero-order valence-electron chi connectivity index (χ0n) is 11.0. The Kier molecular flexibility index (Phi) is 6.22. The van der Waals surface area contributed by atoms with Crippen molar-refractivity contribution < 1.29 is 20.1 Å². The quantitative estimate of drug-likeness (QED) is 0.645. The summed E-state index contributed by atoms with van der Waals surface area (Å²) < 4.78 is 0. The van der Waals surface area contributed by atoms with Gasteiger partial charge in [-0.3, -0.25) is 4.90 Å². The zero-order chi connectivity index (χ0) is 13.8. The first-order valence-corrected chi connectivity index (χ1v) is 6.25. The molecule has 0 aliphatic carbocycles. The van der Waals surface area contributed by atoms with E-state index < -0.39 is 5.97 Å². The highest BCUT2D eigenvalue weighted by molar-refractivity contribution is 5.90. The average Bonchev–Trinajstić information content (AvgIpc) is 2.42. The molecular weight excluding hydrogens is 284 g/mol. The van der Waals surface area contributed by atoms with E-state index in [2.05, 4.69) is 10.2 Å². The predicted octanol–water partition coefficient (Wildman–Crippen LogP) is 0.451. The summed E-state index contributed by atoms with van der Waals surface area (Å²) in [6.45, 7) is 3.22. The minimum atomic E-state index is -1.17. The van der Waals surface area contributed by atoms with Gasteiger partial charge in [0, 0.05) is 26.2 Å². The molecule has 6 nitrogen and oxygen atoms in total. The summed E-state index contributed by atoms with van der Waals surface area (Å²) in [5.41, 5.74) is 0.575. The molecule has 1 aromatic carbocycles. The number of benzene rings is 1. The van der Waals surface area contributed by atoms with E-state index in [1.54, 1.807) is 6.07 Å². The lowest BCUT2D eigenvalue weighted by Crippen LogP contribution is -2.46. The van der Waals surface area contributed by atoms with Crippen molar-refractivity contribution in [2.45, 2.75) is 6.04 Å². The second-order valence-electron chi connectivity index (χ2n) is 4.57. The van der Waals surface area contributed by atoms with Crippen LogP contribution in [0.25, 0.3) is 0 Å². The van der Waals surface area contributed by atoms with Gasteiger partial charge in [-0.15, -0.1) is 12.4 Å². The third-order valence-electron chi connectivity index (χ3n) is 3.40. The number of carboxylic acids is 1. The molecule has 0 aromatic heterocycles. The van der Waals surface area contributed by atoms with Crippen molar-refractivity contribution in [2.24, 2.45) is 0 Å². The lowest BCUT2D eigenvalue weighted by atomic mass is 10.0. The Bertz CT molecular complexity index is 464. The van der Waals surface area contributed by atoms with Gasteiger partial charge in [0.1, 0.15) is 11.3 Å². The minimum Gasteiger partial charge on any atom is -0.507 e. The highest BCUT2D eigenvalue weighted by Gasteiger charge is 2.23. The molecule has 1 aromatic rings. The second kappa shape index (κ2) is 7.44. The average molecular weight is 303 g/mol. The number of hydrogen-bond acceptors (Lipinski definition) is 5. The molecule has 1 aliphatic heterocycles. The van der Waals surface area contributed by atoms with Crippen LogP contribution in [-0.4, -0.2) is 59.0 Å². The number of halogens is 1. The van der Waals surface area contributed by atoms with Crippen LogP contribution in [0.15, 0.2) is 18.2 Å². The van der Waals surface area contributed by atoms with Gasteiger partial charge >= 0.3 is 5.97 Å². The summed E-state index contributed by atoms with van der Waals surface area (Å²) in [7, 11) is 0. The number of nitrogens with one attached hydrogen (secondary N) is 1. The molecule has 0 amide bonds. The number of hydrogen-bond donors (Lipinski definition) is 4. The number of piperazine rings is 1. The number of aromatic carboxylic acids is 1. The first-order valence-electron chi connectivity index (χ1n) is 6.25. The third-order valence-corrected chi connectivity index (χ3v) is 3.40. The van der Waals surface area contributed by atoms with Crippen molar-refractivity contribution in [1.82, 2.24) is 10.2 Å². The van der Waals surface area contributed by atoms with E-state index >= 15 is 0 Å². The maximum absolute atomic E-state index is 11.0. The van der Waals surface area contributed by atoms with Crippen LogP contribution in [0.3, 0.4) is 0 Å². The lowest BCUT2D eigenvalue weighted by molar-refractivity contribution is 0.0692. The number of carbonyl (C=O) groups is 1. The number of phenols is 1. The molecule has 4 N–H and O–H groups in total. The van der Waals surface area contributed by atoms with Crippen molar-refractivity contribution in [1.29, 1.82) is 0 Å². The zero-order valence-corrected chi connectivity index (χ0v) is 11.8. The summed E-state index contributed by atoms with van der Waals surface area (Å²) in [4.78, 5) is 13.1. The number of rotatable bonds is 4. The molecule has 2 rings (SSSR count). The highest BCUT2D eigenvalue weighted by atomic mass is 35.5. The third kappa shape index (κ3) is 3.61. The summed E-state index contributed by atoms with van der Waals surface area (Å²) in [6.07, 6.45) is 0. The van der Waals surface area contributed by atoms with Crippen molar-refractivity contribution in [3.63, 3.8) is 0 Å². The maximum atomic E-state index is 11.0. The van der Waals surface area contributed by atoms with Crippen LogP contribution in [0.5, 0.6) is 5.75 Å². The fourth-order valence-corrected chi connectivity index (χ4v) is 2.36. The maximum Gasteiger partial charge on any atom is 0.339 e. The molecule has 1 aliphatic rings. The standard InChI is InChI=1S/C13H18N2O4.ClH/c16-8-11(15-5-3-14-4-6-15)9-1-2-12(17)10(7-9)13(18)19;/h1-2,7,11,14,16-17H,3-6,8H2,(H,18,19);1H/t11-;/m0./s1. The van der Waals surface area contributed by atoms with Gasteiger partial charge in [-0.1, -0.05) is 6.07 Å². The number of aliphatic hydroxyl groups is 1. The molecule has 0 bridgehead atoms. The molecule has 1 saturated heterocycles. The first-order chi connectivity index (χ1) is 9.13. The predicted molar refractivity (Wildman–Crippen MR) is 76.6 cm³/mol. The monoisotopic (exact) mass is 302 g/mol. The smallest absolute Gasteiger partial charge is 0.339 e. The molecule has 1 heterocycles. The van der Waals surface area contributed by atoms with Gasteiger partial charge in [-0.25, -0.2) is 4.79 Å². The Balaban J connectivity index is 0.00000200. The SMILES string of the molecule is Cl.O=C(O)c1cc([C@H](CO)N2CCNCC2)ccc1O. The Morgan fingerprint density at radius 2 is 2.00 bits per heavy atom. The second-order valence-corrected chi connectivity index (χ2v) is 4.57. The van der Waals surface area contributed by atoms with Crippen LogP contribution >= 0.6 is 12.4 Å². The van der Waals surface area contributed by atoms with E-state index in [1.165, 1.54) is 12.1 Å². The molecule has 1 fully saturated rings. The van der Waals surface area contributed by atoms with E-state index in [9.17, 15) is 15.0 Å². The van der Waals surface area contributed by atoms with Gasteiger partial charge in [-0.05, 0) is 17.7 Å². The summed E-state index contributed by atoms with van der Waals surface area (Å²) in [5.74, 6) is -1.43. The van der Waals surface area contributed by atoms with E-state index in [-0.39, 0.29) is 36.4 Å². The fraction of sp³-hybridized carbons (Fsp3) is 0.462. The molecular formula is C13H19ClN2O4. The molecule has 0 saturated carbocycles. The number of nitrogens with zero attached hydrogens (tertiary/aromatic N) is 1. The number of carboxylic acid groups (broad SMARTS) is 1. The van der Waals surface area contributed by atoms with Gasteiger partial charge in [-0.2, -0.15) is 0 Å². The Hall–Kier alpha value is -1.34. The molecule has 0 spiro atoms. The van der Waals surface area contributed by atoms with Gasteiger partial charge in [0.25, 0.3) is 0 Å². The first kappa shape index (κ1) is 16.7. The molecule has 1 atom stereocenters. The van der Waals surface area contributed by atoms with E-state index in [0.717, 1.165) is 26.2 Å². The largest absolute Gasteiger partial charge is 0.507 e. The van der Waals surface area contributed by atoms with Crippen molar-refractivity contribution in [2.75, 3.05) is 32.8 Å². The summed E-state index contributed by atoms with van der Waals surface area (Å²) >= 11 is 0. The van der Waals surface area contributed by atoms with Crippen molar-refractivity contribution in [3.05, 3.63) is 29.3 Å². The molecule has 112 valence electrons. The van der Waals surface area contributed by atoms with Crippen LogP contribution in [0, 0.1) is 0 Å². The van der Waals surface area contributed by atoms with Gasteiger partial charge in [0.15, 0.2) is 0 Å². The van der Waals surface area contributed by atoms with E-state index in [1.807, 2.05) is 0 Å². The van der Waals surface area contributed by atoms with Gasteiger partial charge in [0.2, 0.25) is 0 Å². The van der Waals surface area contributed by atoms with Crippen LogP contribution in [0.1, 0.15) is 22.0 Å². The number of aliphatic hydroxyl groups excluding tert-OH is 1. The van der Waals surface area contributed by atoms with Crippen LogP contribution in [0.2, 0.25) is 0 Å². The molecule has 20 heavy (non-hydrogen) atoms. The minimum absolute atomic E-state index is 0. The van der Waals surface area contributed by atoms with Crippen LogP contribution in [-0.2, 0) is 0 Å². The van der Waals surface area contributed by atoms with Gasteiger partial charge in [0.05, 0.1) is 12.6 Å². The Morgan fingerprint density at radius 1 is 1.35 bits per heavy atom. The van der Waals surface area contributed by atoms with Crippen molar-refractivity contribution >= 4 is 18.4 Å². The highest BCUT2D eigenvalue weighted by Crippen LogP contribution is 2.26. The molecule has 0 radical (unpaired) electrons. The Labute approximate surface area is 123 Å². The molecule has 7 heteroatoms. The topological polar surface area (TPSA) is 93.0 Å². The van der Waals surface area contributed by atoms with Crippen LogP contribution < -0.4 is 5.32 Å². The summed E-state index contributed by atoms with van der Waals surface area (Å²) in [5, 5.41) is 31.3. The van der Waals surface area contributed by atoms with E-state index in [0.29, 0.717) is 5.56 Å². The summed E-state index contributed by atoms with van der Waals surface area (Å²) in [6, 6.07) is 4.22. The molecule has 0 unspecified atom stereocenters. The fourth-order valence-electron chi connectivity index (χ4n) is 2.36. The lowest BCUT2D eigenvalue weighted by Gasteiger charge is -2.34. The van der Waals surface area contributed by atoms with Crippen LogP contribution in [0.4, 0.5) is 0 Å². The normalized spacial score (nSPS) is 17.2. The van der Waals surface area contributed by atoms with Crippen molar-refractivity contribution in [3.8, 4) is 5.75 Å². The van der Waals surface area contributed by atoms with Gasteiger partial charge < -0.3 is 20.6 Å².